The zero-order chi connectivity index (χ0) is 16.6. The fourth-order valence-electron chi connectivity index (χ4n) is 2.58. The molecule has 1 N–H and O–H groups in total. The summed E-state index contributed by atoms with van der Waals surface area (Å²) in [7, 11) is 3.12. The molecule has 23 heavy (non-hydrogen) atoms. The Kier molecular flexibility index (Phi) is 3.92. The first-order chi connectivity index (χ1) is 11.0. The molecule has 1 atom stereocenters. The molecular formula is C17H19N3O3. The highest BCUT2D eigenvalue weighted by Crippen LogP contribution is 2.23. The van der Waals surface area contributed by atoms with E-state index in [4.69, 9.17) is 4.42 Å². The van der Waals surface area contributed by atoms with Gasteiger partial charge in [0.15, 0.2) is 0 Å². The van der Waals surface area contributed by atoms with E-state index in [1.165, 1.54) is 11.6 Å². The van der Waals surface area contributed by atoms with Gasteiger partial charge in [0.25, 0.3) is 5.56 Å². The van der Waals surface area contributed by atoms with Gasteiger partial charge in [-0.25, -0.2) is 4.79 Å². The first-order valence-corrected chi connectivity index (χ1v) is 7.45. The second kappa shape index (κ2) is 5.89. The summed E-state index contributed by atoms with van der Waals surface area (Å²) in [5.74, 6) is 0.813. The van der Waals surface area contributed by atoms with Gasteiger partial charge in [-0.3, -0.25) is 9.36 Å². The Hall–Kier alpha value is -2.60. The summed E-state index contributed by atoms with van der Waals surface area (Å²) < 4.78 is 8.33. The molecule has 120 valence electrons. The molecule has 0 amide bonds. The number of nitrogens with one attached hydrogen (secondary N) is 1. The number of aromatic nitrogens is 2. The number of aryl methyl sites for hydroxylation is 1. The summed E-state index contributed by atoms with van der Waals surface area (Å²) in [5.41, 5.74) is 0.772. The molecule has 0 aliphatic rings. The van der Waals surface area contributed by atoms with Crippen molar-refractivity contribution in [1.82, 2.24) is 14.5 Å². The predicted octanol–water partition coefficient (Wildman–Crippen LogP) is 1.68. The zero-order valence-electron chi connectivity index (χ0n) is 13.4. The van der Waals surface area contributed by atoms with Crippen LogP contribution >= 0.6 is 0 Å². The number of benzene rings is 1. The normalized spacial score (nSPS) is 12.7. The molecule has 0 saturated carbocycles. The lowest BCUT2D eigenvalue weighted by Crippen LogP contribution is -2.39. The second-order valence-electron chi connectivity index (χ2n) is 5.70. The second-order valence-corrected chi connectivity index (χ2v) is 5.70. The van der Waals surface area contributed by atoms with Gasteiger partial charge >= 0.3 is 5.69 Å². The van der Waals surface area contributed by atoms with Crippen molar-refractivity contribution in [2.45, 2.75) is 19.5 Å². The maximum absolute atomic E-state index is 12.1. The minimum atomic E-state index is -0.330. The number of furan rings is 1. The molecule has 3 aromatic rings. The van der Waals surface area contributed by atoms with Crippen molar-refractivity contribution in [3.05, 3.63) is 68.7 Å². The van der Waals surface area contributed by atoms with Crippen LogP contribution in [0.1, 0.15) is 24.3 Å². The van der Waals surface area contributed by atoms with Gasteiger partial charge in [0.05, 0.1) is 6.04 Å². The molecule has 0 fully saturated rings. The predicted molar refractivity (Wildman–Crippen MR) is 88.4 cm³/mol. The third kappa shape index (κ3) is 2.85. The third-order valence-electron chi connectivity index (χ3n) is 3.99. The first kappa shape index (κ1) is 15.3. The summed E-state index contributed by atoms with van der Waals surface area (Å²) >= 11 is 0. The molecule has 1 unspecified atom stereocenters. The van der Waals surface area contributed by atoms with Crippen molar-refractivity contribution in [2.75, 3.05) is 0 Å². The van der Waals surface area contributed by atoms with Crippen LogP contribution in [0, 0.1) is 0 Å². The maximum Gasteiger partial charge on any atom is 0.330 e. The quantitative estimate of drug-likeness (QED) is 0.795. The van der Waals surface area contributed by atoms with Crippen LogP contribution < -0.4 is 16.6 Å². The highest BCUT2D eigenvalue weighted by molar-refractivity contribution is 5.77. The van der Waals surface area contributed by atoms with Gasteiger partial charge in [-0.2, -0.15) is 0 Å². The van der Waals surface area contributed by atoms with Gasteiger partial charge in [0, 0.05) is 37.8 Å². The van der Waals surface area contributed by atoms with E-state index in [0.29, 0.717) is 12.1 Å². The summed E-state index contributed by atoms with van der Waals surface area (Å²) in [6, 6.07) is 9.76. The Labute approximate surface area is 133 Å². The summed E-state index contributed by atoms with van der Waals surface area (Å²) in [4.78, 5) is 23.8. The first-order valence-electron chi connectivity index (χ1n) is 7.45. The van der Waals surface area contributed by atoms with Crippen molar-refractivity contribution in [3.63, 3.8) is 0 Å². The van der Waals surface area contributed by atoms with Gasteiger partial charge in [0.2, 0.25) is 0 Å². The molecule has 2 aromatic heterocycles. The van der Waals surface area contributed by atoms with E-state index in [9.17, 15) is 9.59 Å². The summed E-state index contributed by atoms with van der Waals surface area (Å²) in [6.45, 7) is 2.34. The lowest BCUT2D eigenvalue weighted by atomic mass is 10.2. The number of nitrogens with zero attached hydrogens (tertiary/aromatic N) is 2. The molecule has 0 spiro atoms. The van der Waals surface area contributed by atoms with E-state index in [0.717, 1.165) is 21.3 Å². The minimum Gasteiger partial charge on any atom is -0.459 e. The fourth-order valence-corrected chi connectivity index (χ4v) is 2.58. The molecule has 6 heteroatoms. The van der Waals surface area contributed by atoms with Crippen molar-refractivity contribution in [1.29, 1.82) is 0 Å². The van der Waals surface area contributed by atoms with Crippen molar-refractivity contribution in [2.24, 2.45) is 14.1 Å². The van der Waals surface area contributed by atoms with Crippen LogP contribution in [-0.2, 0) is 20.6 Å². The lowest BCUT2D eigenvalue weighted by molar-refractivity contribution is 0.448. The van der Waals surface area contributed by atoms with Crippen LogP contribution in [0.4, 0.5) is 0 Å². The number of hydrogen-bond acceptors (Lipinski definition) is 4. The van der Waals surface area contributed by atoms with E-state index < -0.39 is 0 Å². The Balaban J connectivity index is 1.80. The lowest BCUT2D eigenvalue weighted by Gasteiger charge is -2.12. The summed E-state index contributed by atoms with van der Waals surface area (Å²) in [6.07, 6.45) is 1.57. The maximum atomic E-state index is 12.1. The average Bonchev–Trinajstić information content (AvgIpc) is 2.99. The molecule has 2 heterocycles. The van der Waals surface area contributed by atoms with Gasteiger partial charge in [0.1, 0.15) is 11.3 Å². The SMILES string of the molecule is CC(NCc1cn(C)c(=O)n(C)c1=O)c1cc2ccccc2o1. The van der Waals surface area contributed by atoms with Crippen LogP contribution in [0.3, 0.4) is 0 Å². The molecular weight excluding hydrogens is 294 g/mol. The van der Waals surface area contributed by atoms with Crippen LogP contribution in [0.5, 0.6) is 0 Å². The number of para-hydroxylation sites is 1. The van der Waals surface area contributed by atoms with Gasteiger partial charge in [-0.05, 0) is 19.1 Å². The van der Waals surface area contributed by atoms with Crippen LogP contribution in [-0.4, -0.2) is 9.13 Å². The number of fused-ring (bicyclic) bond motifs is 1. The summed E-state index contributed by atoms with van der Waals surface area (Å²) in [5, 5.41) is 4.32. The Morgan fingerprint density at radius 1 is 1.22 bits per heavy atom. The Morgan fingerprint density at radius 3 is 2.70 bits per heavy atom. The van der Waals surface area contributed by atoms with Gasteiger partial charge in [-0.1, -0.05) is 18.2 Å². The third-order valence-corrected chi connectivity index (χ3v) is 3.99. The highest BCUT2D eigenvalue weighted by atomic mass is 16.3. The van der Waals surface area contributed by atoms with E-state index in [1.807, 2.05) is 37.3 Å². The number of rotatable bonds is 4. The average molecular weight is 313 g/mol. The van der Waals surface area contributed by atoms with E-state index in [2.05, 4.69) is 5.32 Å². The van der Waals surface area contributed by atoms with Gasteiger partial charge < -0.3 is 14.3 Å². The van der Waals surface area contributed by atoms with Crippen molar-refractivity contribution < 1.29 is 4.42 Å². The van der Waals surface area contributed by atoms with Crippen molar-refractivity contribution >= 4 is 11.0 Å². The topological polar surface area (TPSA) is 69.2 Å². The number of hydrogen-bond donors (Lipinski definition) is 1. The van der Waals surface area contributed by atoms with Gasteiger partial charge in [-0.15, -0.1) is 0 Å². The highest BCUT2D eigenvalue weighted by Gasteiger charge is 2.13. The standard InChI is InChI=1S/C17H19N3O3/c1-11(15-8-12-6-4-5-7-14(12)23-15)18-9-13-10-19(2)17(22)20(3)16(13)21/h4-8,10-11,18H,9H2,1-3H3. The van der Waals surface area contributed by atoms with E-state index >= 15 is 0 Å². The molecule has 0 bridgehead atoms. The molecule has 0 radical (unpaired) electrons. The van der Waals surface area contributed by atoms with Crippen LogP contribution in [0.25, 0.3) is 11.0 Å². The monoisotopic (exact) mass is 313 g/mol. The fraction of sp³-hybridized carbons (Fsp3) is 0.294. The zero-order valence-corrected chi connectivity index (χ0v) is 13.4. The molecule has 0 saturated heterocycles. The van der Waals surface area contributed by atoms with Crippen LogP contribution in [0.2, 0.25) is 0 Å². The molecule has 1 aromatic carbocycles. The minimum absolute atomic E-state index is 0.0515. The molecule has 0 aliphatic carbocycles. The Bertz CT molecular complexity index is 932. The smallest absolute Gasteiger partial charge is 0.330 e. The molecule has 6 nitrogen and oxygen atoms in total. The molecule has 0 aliphatic heterocycles. The van der Waals surface area contributed by atoms with Crippen LogP contribution in [0.15, 0.2) is 50.5 Å². The van der Waals surface area contributed by atoms with E-state index in [-0.39, 0.29) is 17.3 Å². The van der Waals surface area contributed by atoms with E-state index in [1.54, 1.807) is 13.2 Å². The van der Waals surface area contributed by atoms with Crippen molar-refractivity contribution in [3.8, 4) is 0 Å². The largest absolute Gasteiger partial charge is 0.459 e. The molecule has 3 rings (SSSR count). The Morgan fingerprint density at radius 2 is 1.96 bits per heavy atom.